The molecule has 0 fully saturated rings. The van der Waals surface area contributed by atoms with Crippen molar-refractivity contribution in [3.8, 4) is 0 Å². The van der Waals surface area contributed by atoms with E-state index in [2.05, 4.69) is 18.4 Å². The Bertz CT molecular complexity index is 166. The monoisotopic (exact) mass is 216 g/mol. The number of unbranched alkanes of at least 4 members (excludes halogenated alkanes) is 2. The van der Waals surface area contributed by atoms with Gasteiger partial charge in [0.05, 0.1) is 13.2 Å². The average Bonchev–Trinajstić information content (AvgIpc) is 2.16. The lowest BCUT2D eigenvalue weighted by Gasteiger charge is -2.27. The highest BCUT2D eigenvalue weighted by Gasteiger charge is 2.23. The first kappa shape index (κ1) is 14.6. The van der Waals surface area contributed by atoms with Crippen LogP contribution in [0.1, 0.15) is 46.5 Å². The van der Waals surface area contributed by atoms with Gasteiger partial charge in [-0.2, -0.15) is 0 Å². The van der Waals surface area contributed by atoms with Crippen molar-refractivity contribution in [1.29, 1.82) is 0 Å². The van der Waals surface area contributed by atoms with Crippen LogP contribution >= 0.6 is 0 Å². The van der Waals surface area contributed by atoms with Gasteiger partial charge in [-0.25, -0.2) is 9.78 Å². The molecule has 0 aromatic carbocycles. The van der Waals surface area contributed by atoms with Crippen LogP contribution in [0.4, 0.5) is 0 Å². The van der Waals surface area contributed by atoms with Gasteiger partial charge in [0.25, 0.3) is 0 Å². The van der Waals surface area contributed by atoms with Crippen LogP contribution in [0.15, 0.2) is 12.7 Å². The predicted molar refractivity (Wildman–Crippen MR) is 61.4 cm³/mol. The van der Waals surface area contributed by atoms with Gasteiger partial charge < -0.3 is 4.74 Å². The van der Waals surface area contributed by atoms with Crippen LogP contribution in [0.25, 0.3) is 0 Å². The van der Waals surface area contributed by atoms with Crippen LogP contribution < -0.4 is 0 Å². The van der Waals surface area contributed by atoms with Gasteiger partial charge in [-0.15, -0.1) is 6.58 Å². The van der Waals surface area contributed by atoms with Crippen molar-refractivity contribution in [3.05, 3.63) is 12.7 Å². The van der Waals surface area contributed by atoms with Crippen LogP contribution in [-0.2, 0) is 14.5 Å². The van der Waals surface area contributed by atoms with Gasteiger partial charge in [-0.3, -0.25) is 0 Å². The lowest BCUT2D eigenvalue weighted by molar-refractivity contribution is -0.410. The van der Waals surface area contributed by atoms with E-state index in [1.54, 1.807) is 0 Å². The number of hydrogen-bond donors (Lipinski definition) is 0. The molecule has 15 heavy (non-hydrogen) atoms. The van der Waals surface area contributed by atoms with Crippen LogP contribution in [0.5, 0.6) is 0 Å². The van der Waals surface area contributed by atoms with Gasteiger partial charge in [0.1, 0.15) is 0 Å². The minimum Gasteiger partial charge on any atom is -0.340 e. The summed E-state index contributed by atoms with van der Waals surface area (Å²) in [6, 6.07) is 0. The molecule has 0 aromatic heterocycles. The lowest BCUT2D eigenvalue weighted by Crippen LogP contribution is -2.32. The van der Waals surface area contributed by atoms with Crippen LogP contribution in [-0.4, -0.2) is 19.0 Å². The fourth-order valence-electron chi connectivity index (χ4n) is 1.41. The van der Waals surface area contributed by atoms with Crippen LogP contribution in [0.2, 0.25) is 0 Å². The molecule has 0 rings (SSSR count). The first-order valence-electron chi connectivity index (χ1n) is 5.58. The van der Waals surface area contributed by atoms with Gasteiger partial charge in [-0.05, 0) is 20.3 Å². The van der Waals surface area contributed by atoms with Crippen LogP contribution in [0.3, 0.4) is 0 Å². The van der Waals surface area contributed by atoms with Gasteiger partial charge in [-0.1, -0.05) is 32.3 Å². The summed E-state index contributed by atoms with van der Waals surface area (Å²) in [7, 11) is 1.48. The first-order valence-corrected chi connectivity index (χ1v) is 5.58. The summed E-state index contributed by atoms with van der Waals surface area (Å²) in [4.78, 5) is 9.62. The molecule has 0 radical (unpaired) electrons. The average molecular weight is 216 g/mol. The Hall–Kier alpha value is -0.380. The van der Waals surface area contributed by atoms with E-state index >= 15 is 0 Å². The zero-order valence-electron chi connectivity index (χ0n) is 10.4. The minimum atomic E-state index is -0.722. The molecule has 0 N–H and O–H groups in total. The molecule has 0 aliphatic carbocycles. The molecule has 3 heteroatoms. The molecule has 1 atom stereocenters. The molecule has 0 aliphatic heterocycles. The molecular weight excluding hydrogens is 192 g/mol. The van der Waals surface area contributed by atoms with Gasteiger partial charge >= 0.3 is 0 Å². The standard InChI is InChI=1S/C12H24O3/c1-6-8-9-10-11(7-2)14-12(3,4)15-13-5/h7,11H,2,6,8-10H2,1,3-5H3. The molecule has 90 valence electrons. The van der Waals surface area contributed by atoms with E-state index in [1.807, 2.05) is 19.9 Å². The summed E-state index contributed by atoms with van der Waals surface area (Å²) in [6.07, 6.45) is 6.41. The molecule has 0 aromatic rings. The summed E-state index contributed by atoms with van der Waals surface area (Å²) in [5.41, 5.74) is 0. The predicted octanol–water partition coefficient (Wildman–Crippen LogP) is 3.45. The molecule has 0 spiro atoms. The summed E-state index contributed by atoms with van der Waals surface area (Å²) >= 11 is 0. The fourth-order valence-corrected chi connectivity index (χ4v) is 1.41. The molecular formula is C12H24O3. The molecule has 0 heterocycles. The zero-order valence-corrected chi connectivity index (χ0v) is 10.4. The Labute approximate surface area is 93.3 Å². The van der Waals surface area contributed by atoms with Gasteiger partial charge in [0.15, 0.2) is 5.79 Å². The Morgan fingerprint density at radius 3 is 2.47 bits per heavy atom. The van der Waals surface area contributed by atoms with E-state index in [-0.39, 0.29) is 6.10 Å². The summed E-state index contributed by atoms with van der Waals surface area (Å²) in [5, 5.41) is 0. The Morgan fingerprint density at radius 2 is 2.00 bits per heavy atom. The third-order valence-corrected chi connectivity index (χ3v) is 2.07. The van der Waals surface area contributed by atoms with E-state index in [0.717, 1.165) is 12.8 Å². The Balaban J connectivity index is 3.91. The van der Waals surface area contributed by atoms with Crippen molar-refractivity contribution >= 4 is 0 Å². The first-order chi connectivity index (χ1) is 7.05. The van der Waals surface area contributed by atoms with E-state index in [4.69, 9.17) is 9.62 Å². The summed E-state index contributed by atoms with van der Waals surface area (Å²) in [6.45, 7) is 9.60. The van der Waals surface area contributed by atoms with Crippen molar-refractivity contribution in [3.63, 3.8) is 0 Å². The molecule has 0 bridgehead atoms. The molecule has 3 nitrogen and oxygen atoms in total. The zero-order chi connectivity index (χ0) is 11.7. The van der Waals surface area contributed by atoms with Gasteiger partial charge in [0, 0.05) is 0 Å². The van der Waals surface area contributed by atoms with Crippen molar-refractivity contribution in [2.45, 2.75) is 58.3 Å². The van der Waals surface area contributed by atoms with Crippen molar-refractivity contribution < 1.29 is 14.5 Å². The smallest absolute Gasteiger partial charge is 0.196 e. The van der Waals surface area contributed by atoms with Crippen molar-refractivity contribution in [2.24, 2.45) is 0 Å². The van der Waals surface area contributed by atoms with Crippen molar-refractivity contribution in [2.75, 3.05) is 7.11 Å². The number of hydrogen-bond acceptors (Lipinski definition) is 3. The molecule has 0 saturated heterocycles. The highest BCUT2D eigenvalue weighted by atomic mass is 17.2. The third kappa shape index (κ3) is 7.54. The van der Waals surface area contributed by atoms with E-state index < -0.39 is 5.79 Å². The number of ether oxygens (including phenoxy) is 1. The topological polar surface area (TPSA) is 27.7 Å². The maximum atomic E-state index is 5.71. The normalized spacial score (nSPS) is 13.9. The minimum absolute atomic E-state index is 0.0294. The lowest BCUT2D eigenvalue weighted by atomic mass is 10.1. The van der Waals surface area contributed by atoms with Crippen LogP contribution in [0, 0.1) is 0 Å². The highest BCUT2D eigenvalue weighted by molar-refractivity contribution is 4.81. The second kappa shape index (κ2) is 7.85. The second-order valence-corrected chi connectivity index (χ2v) is 4.04. The Kier molecular flexibility index (Phi) is 7.65. The second-order valence-electron chi connectivity index (χ2n) is 4.04. The highest BCUT2D eigenvalue weighted by Crippen LogP contribution is 2.18. The quantitative estimate of drug-likeness (QED) is 0.194. The third-order valence-electron chi connectivity index (χ3n) is 2.07. The van der Waals surface area contributed by atoms with E-state index in [9.17, 15) is 0 Å². The fraction of sp³-hybridized carbons (Fsp3) is 0.833. The molecule has 0 aliphatic rings. The summed E-state index contributed by atoms with van der Waals surface area (Å²) in [5.74, 6) is -0.722. The van der Waals surface area contributed by atoms with Crippen molar-refractivity contribution in [1.82, 2.24) is 0 Å². The molecule has 0 amide bonds. The van der Waals surface area contributed by atoms with E-state index in [0.29, 0.717) is 0 Å². The Morgan fingerprint density at radius 1 is 1.33 bits per heavy atom. The van der Waals surface area contributed by atoms with E-state index in [1.165, 1.54) is 20.0 Å². The van der Waals surface area contributed by atoms with Gasteiger partial charge in [0.2, 0.25) is 0 Å². The summed E-state index contributed by atoms with van der Waals surface area (Å²) < 4.78 is 5.71. The number of rotatable bonds is 9. The largest absolute Gasteiger partial charge is 0.340 e. The maximum absolute atomic E-state index is 5.71. The molecule has 0 saturated carbocycles. The maximum Gasteiger partial charge on any atom is 0.196 e. The molecule has 1 unspecified atom stereocenters. The SMILES string of the molecule is C=CC(CCCCC)OC(C)(C)OOC.